The molecule has 0 saturated carbocycles. The first-order valence-corrected chi connectivity index (χ1v) is 4.86. The van der Waals surface area contributed by atoms with Crippen LogP contribution in [0.1, 0.15) is 13.8 Å². The Hall–Kier alpha value is -1.63. The molecule has 0 bridgehead atoms. The molecule has 0 aromatic heterocycles. The van der Waals surface area contributed by atoms with Gasteiger partial charge in [0.15, 0.2) is 0 Å². The van der Waals surface area contributed by atoms with Crippen LogP contribution in [0, 0.1) is 5.92 Å². The second-order valence-corrected chi connectivity index (χ2v) is 3.64. The average molecular weight is 230 g/mol. The fourth-order valence-electron chi connectivity index (χ4n) is 1.71. The highest BCUT2D eigenvalue weighted by atomic mass is 16.5. The van der Waals surface area contributed by atoms with Crippen LogP contribution in [0.2, 0.25) is 0 Å². The lowest BCUT2D eigenvalue weighted by Crippen LogP contribution is -2.59. The topological polar surface area (TPSA) is 119 Å². The van der Waals surface area contributed by atoms with Gasteiger partial charge in [-0.05, 0) is 6.92 Å². The van der Waals surface area contributed by atoms with E-state index >= 15 is 0 Å². The van der Waals surface area contributed by atoms with Crippen molar-refractivity contribution in [2.75, 3.05) is 6.61 Å². The Morgan fingerprint density at radius 3 is 2.50 bits per heavy atom. The van der Waals surface area contributed by atoms with Crippen molar-refractivity contribution in [3.8, 4) is 0 Å². The lowest BCUT2D eigenvalue weighted by molar-refractivity contribution is -0.165. The van der Waals surface area contributed by atoms with Crippen LogP contribution >= 0.6 is 0 Å². The molecule has 16 heavy (non-hydrogen) atoms. The van der Waals surface area contributed by atoms with Gasteiger partial charge in [0.2, 0.25) is 11.4 Å². The van der Waals surface area contributed by atoms with Crippen molar-refractivity contribution in [2.45, 2.75) is 25.4 Å². The van der Waals surface area contributed by atoms with E-state index in [2.05, 4.69) is 10.1 Å². The van der Waals surface area contributed by atoms with E-state index in [1.165, 1.54) is 6.92 Å². The molecule has 90 valence electrons. The summed E-state index contributed by atoms with van der Waals surface area (Å²) in [5.74, 6) is -3.98. The second-order valence-electron chi connectivity index (χ2n) is 3.64. The highest BCUT2D eigenvalue weighted by Crippen LogP contribution is 2.28. The molecule has 0 aromatic carbocycles. The molecule has 1 amide bonds. The molecule has 7 nitrogen and oxygen atoms in total. The number of nitrogens with one attached hydrogen (secondary N) is 1. The van der Waals surface area contributed by atoms with Crippen LogP contribution in [0.25, 0.3) is 0 Å². The van der Waals surface area contributed by atoms with Crippen molar-refractivity contribution in [1.29, 1.82) is 0 Å². The molecular formula is C9H14N2O5. The minimum atomic E-state index is -2.06. The molecule has 1 rings (SSSR count). The third kappa shape index (κ3) is 1.53. The molecule has 4 N–H and O–H groups in total. The molecule has 0 spiro atoms. The maximum Gasteiger partial charge on any atom is 0.344 e. The lowest BCUT2D eigenvalue weighted by atomic mass is 9.85. The molecule has 1 heterocycles. The van der Waals surface area contributed by atoms with Gasteiger partial charge in [-0.15, -0.1) is 0 Å². The van der Waals surface area contributed by atoms with Gasteiger partial charge in [0, 0.05) is 5.92 Å². The molecular weight excluding hydrogens is 216 g/mol. The summed E-state index contributed by atoms with van der Waals surface area (Å²) in [6.07, 6.45) is 0. The predicted octanol–water partition coefficient (Wildman–Crippen LogP) is -1.53. The van der Waals surface area contributed by atoms with Crippen LogP contribution in [0.5, 0.6) is 0 Å². The number of amides is 1. The summed E-state index contributed by atoms with van der Waals surface area (Å²) < 4.78 is 4.67. The third-order valence-corrected chi connectivity index (χ3v) is 2.78. The maximum absolute atomic E-state index is 11.6. The lowest BCUT2D eigenvalue weighted by Gasteiger charge is -2.26. The number of nitrogens with two attached hydrogens (primary N) is 1. The zero-order valence-electron chi connectivity index (χ0n) is 9.02. The van der Waals surface area contributed by atoms with Crippen LogP contribution in [-0.2, 0) is 19.1 Å². The SMILES string of the molecule is CCOC(=O)C1(C(=O)O)NC(=O)[C@@H](N)[C@H]1C. The maximum atomic E-state index is 11.6. The Balaban J connectivity index is 3.13. The van der Waals surface area contributed by atoms with Crippen LogP contribution < -0.4 is 11.1 Å². The number of aliphatic carboxylic acids is 1. The molecule has 1 saturated heterocycles. The number of hydrogen-bond acceptors (Lipinski definition) is 5. The average Bonchev–Trinajstić information content (AvgIpc) is 2.44. The van der Waals surface area contributed by atoms with Gasteiger partial charge in [0.05, 0.1) is 12.6 Å². The van der Waals surface area contributed by atoms with E-state index in [9.17, 15) is 14.4 Å². The summed E-state index contributed by atoms with van der Waals surface area (Å²) in [4.78, 5) is 34.1. The van der Waals surface area contributed by atoms with Crippen LogP contribution in [0.15, 0.2) is 0 Å². The van der Waals surface area contributed by atoms with Gasteiger partial charge in [0.25, 0.3) is 0 Å². The van der Waals surface area contributed by atoms with Crippen molar-refractivity contribution in [2.24, 2.45) is 11.7 Å². The van der Waals surface area contributed by atoms with Gasteiger partial charge in [-0.1, -0.05) is 6.92 Å². The quantitative estimate of drug-likeness (QED) is 0.399. The third-order valence-electron chi connectivity index (χ3n) is 2.78. The van der Waals surface area contributed by atoms with Gasteiger partial charge in [0.1, 0.15) is 0 Å². The molecule has 1 aliphatic rings. The highest BCUT2D eigenvalue weighted by Gasteiger charge is 2.61. The number of carbonyl (C=O) groups is 3. The second kappa shape index (κ2) is 4.09. The molecule has 0 aromatic rings. The van der Waals surface area contributed by atoms with E-state index in [4.69, 9.17) is 10.8 Å². The Morgan fingerprint density at radius 2 is 2.19 bits per heavy atom. The standard InChI is InChI=1S/C9H14N2O5/c1-3-16-8(15)9(7(13)14)4(2)5(10)6(12)11-9/h4-5H,3,10H2,1-2H3,(H,11,12)(H,13,14)/t4-,5+,9?/m1/s1. The van der Waals surface area contributed by atoms with Gasteiger partial charge in [-0.3, -0.25) is 4.79 Å². The minimum absolute atomic E-state index is 0.0334. The number of ether oxygens (including phenoxy) is 1. The van der Waals surface area contributed by atoms with E-state index in [0.717, 1.165) is 0 Å². The first-order chi connectivity index (χ1) is 7.37. The van der Waals surface area contributed by atoms with E-state index < -0.39 is 35.3 Å². The minimum Gasteiger partial charge on any atom is -0.479 e. The normalized spacial score (nSPS) is 33.3. The molecule has 1 unspecified atom stereocenters. The zero-order chi connectivity index (χ0) is 12.5. The van der Waals surface area contributed by atoms with E-state index in [1.54, 1.807) is 6.92 Å². The smallest absolute Gasteiger partial charge is 0.344 e. The van der Waals surface area contributed by atoms with Crippen molar-refractivity contribution >= 4 is 17.8 Å². The van der Waals surface area contributed by atoms with E-state index in [0.29, 0.717) is 0 Å². The molecule has 7 heteroatoms. The molecule has 1 fully saturated rings. The van der Waals surface area contributed by atoms with E-state index in [1.807, 2.05) is 0 Å². The summed E-state index contributed by atoms with van der Waals surface area (Å²) in [6, 6.07) is -1.03. The van der Waals surface area contributed by atoms with E-state index in [-0.39, 0.29) is 6.61 Å². The fourth-order valence-corrected chi connectivity index (χ4v) is 1.71. The first kappa shape index (κ1) is 12.4. The van der Waals surface area contributed by atoms with Gasteiger partial charge in [-0.2, -0.15) is 0 Å². The molecule has 3 atom stereocenters. The van der Waals surface area contributed by atoms with Crippen molar-refractivity contribution in [3.05, 3.63) is 0 Å². The summed E-state index contributed by atoms with van der Waals surface area (Å²) in [7, 11) is 0. The molecule has 0 radical (unpaired) electrons. The van der Waals surface area contributed by atoms with Crippen LogP contribution in [0.4, 0.5) is 0 Å². The van der Waals surface area contributed by atoms with Crippen LogP contribution in [-0.4, -0.2) is 41.1 Å². The number of esters is 1. The van der Waals surface area contributed by atoms with Crippen molar-refractivity contribution < 1.29 is 24.2 Å². The first-order valence-electron chi connectivity index (χ1n) is 4.86. The summed E-state index contributed by atoms with van der Waals surface area (Å²) >= 11 is 0. The van der Waals surface area contributed by atoms with Crippen molar-refractivity contribution in [3.63, 3.8) is 0 Å². The fraction of sp³-hybridized carbons (Fsp3) is 0.667. The Morgan fingerprint density at radius 1 is 1.62 bits per heavy atom. The monoisotopic (exact) mass is 230 g/mol. The Labute approximate surface area is 91.9 Å². The highest BCUT2D eigenvalue weighted by molar-refractivity contribution is 6.11. The Kier molecular flexibility index (Phi) is 3.18. The number of carbonyl (C=O) groups excluding carboxylic acids is 2. The van der Waals surface area contributed by atoms with Gasteiger partial charge < -0.3 is 20.9 Å². The van der Waals surface area contributed by atoms with Gasteiger partial charge >= 0.3 is 11.9 Å². The summed E-state index contributed by atoms with van der Waals surface area (Å²) in [6.45, 7) is 3.01. The number of carboxylic acid groups (broad SMARTS) is 1. The zero-order valence-corrected chi connectivity index (χ0v) is 9.02. The molecule has 0 aliphatic carbocycles. The van der Waals surface area contributed by atoms with Gasteiger partial charge in [-0.25, -0.2) is 9.59 Å². The predicted molar refractivity (Wildman–Crippen MR) is 52.3 cm³/mol. The Bertz CT molecular complexity index is 343. The summed E-state index contributed by atoms with van der Waals surface area (Å²) in [5.41, 5.74) is 3.42. The van der Waals surface area contributed by atoms with Crippen LogP contribution in [0.3, 0.4) is 0 Å². The largest absolute Gasteiger partial charge is 0.479 e. The number of carboxylic acids is 1. The van der Waals surface area contributed by atoms with Crippen molar-refractivity contribution in [1.82, 2.24) is 5.32 Å². The summed E-state index contributed by atoms with van der Waals surface area (Å²) in [5, 5.41) is 11.2. The number of hydrogen-bond donors (Lipinski definition) is 3. The molecule has 1 aliphatic heterocycles. The number of rotatable bonds is 3.